The molecule has 0 amide bonds. The zero-order valence-electron chi connectivity index (χ0n) is 15.5. The second kappa shape index (κ2) is 7.63. The van der Waals surface area contributed by atoms with E-state index in [2.05, 4.69) is 37.2 Å². The lowest BCUT2D eigenvalue weighted by molar-refractivity contribution is 0.299. The van der Waals surface area contributed by atoms with E-state index in [9.17, 15) is 0 Å². The number of likely N-dealkylation sites (tertiary alicyclic amines) is 1. The maximum atomic E-state index is 4.55. The predicted octanol–water partition coefficient (Wildman–Crippen LogP) is 2.88. The van der Waals surface area contributed by atoms with E-state index >= 15 is 0 Å². The lowest BCUT2D eigenvalue weighted by Crippen LogP contribution is -2.39. The van der Waals surface area contributed by atoms with Crippen molar-refractivity contribution in [1.29, 1.82) is 0 Å². The summed E-state index contributed by atoms with van der Waals surface area (Å²) < 4.78 is 0. The van der Waals surface area contributed by atoms with Gasteiger partial charge in [0.1, 0.15) is 5.82 Å². The van der Waals surface area contributed by atoms with Gasteiger partial charge in [-0.2, -0.15) is 0 Å². The molecule has 1 saturated carbocycles. The minimum atomic E-state index is 0.821. The van der Waals surface area contributed by atoms with Gasteiger partial charge in [0.2, 0.25) is 0 Å². The molecule has 5 heteroatoms. The minimum Gasteiger partial charge on any atom is -0.357 e. The van der Waals surface area contributed by atoms with E-state index in [-0.39, 0.29) is 0 Å². The molecular formula is C20H31N5. The maximum absolute atomic E-state index is 4.55. The van der Waals surface area contributed by atoms with Crippen LogP contribution in [0.4, 0.5) is 5.82 Å². The summed E-state index contributed by atoms with van der Waals surface area (Å²) in [6.45, 7) is 5.46. The molecule has 5 nitrogen and oxygen atoms in total. The van der Waals surface area contributed by atoms with Gasteiger partial charge in [0, 0.05) is 46.0 Å². The van der Waals surface area contributed by atoms with Crippen LogP contribution in [0.1, 0.15) is 44.1 Å². The fraction of sp³-hybridized carbons (Fsp3) is 0.700. The van der Waals surface area contributed by atoms with Crippen molar-refractivity contribution in [1.82, 2.24) is 15.2 Å². The highest BCUT2D eigenvalue weighted by Crippen LogP contribution is 2.35. The number of hydrogen-bond acceptors (Lipinski definition) is 3. The van der Waals surface area contributed by atoms with Gasteiger partial charge >= 0.3 is 0 Å². The molecule has 2 atom stereocenters. The SMILES string of the molecule is CN=C(NCc1ccnc(N2CCCC2)c1)N1CC2CCCCC2C1. The van der Waals surface area contributed by atoms with E-state index in [1.807, 2.05) is 13.2 Å². The van der Waals surface area contributed by atoms with Gasteiger partial charge in [-0.15, -0.1) is 0 Å². The van der Waals surface area contributed by atoms with E-state index in [4.69, 9.17) is 0 Å². The van der Waals surface area contributed by atoms with Crippen molar-refractivity contribution in [2.75, 3.05) is 38.1 Å². The number of hydrogen-bond donors (Lipinski definition) is 1. The minimum absolute atomic E-state index is 0.821. The van der Waals surface area contributed by atoms with Gasteiger partial charge in [0.25, 0.3) is 0 Å². The van der Waals surface area contributed by atoms with Crippen LogP contribution in [-0.2, 0) is 6.54 Å². The summed E-state index contributed by atoms with van der Waals surface area (Å²) in [6, 6.07) is 4.35. The predicted molar refractivity (Wildman–Crippen MR) is 103 cm³/mol. The number of nitrogens with zero attached hydrogens (tertiary/aromatic N) is 4. The summed E-state index contributed by atoms with van der Waals surface area (Å²) in [4.78, 5) is 14.0. The van der Waals surface area contributed by atoms with Crippen LogP contribution in [-0.4, -0.2) is 49.1 Å². The second-order valence-corrected chi connectivity index (χ2v) is 7.83. The highest BCUT2D eigenvalue weighted by Gasteiger charge is 2.35. The van der Waals surface area contributed by atoms with Crippen molar-refractivity contribution in [2.45, 2.75) is 45.1 Å². The molecule has 1 aliphatic carbocycles. The van der Waals surface area contributed by atoms with E-state index in [0.29, 0.717) is 0 Å². The number of aliphatic imine (C=N–C) groups is 1. The van der Waals surface area contributed by atoms with Crippen molar-refractivity contribution in [3.05, 3.63) is 23.9 Å². The molecule has 3 fully saturated rings. The van der Waals surface area contributed by atoms with Crippen LogP contribution in [0.5, 0.6) is 0 Å². The summed E-state index contributed by atoms with van der Waals surface area (Å²) in [5.41, 5.74) is 1.29. The van der Waals surface area contributed by atoms with Crippen LogP contribution in [0, 0.1) is 11.8 Å². The van der Waals surface area contributed by atoms with Crippen LogP contribution in [0.15, 0.2) is 23.3 Å². The van der Waals surface area contributed by atoms with Gasteiger partial charge in [0.05, 0.1) is 0 Å². The third-order valence-corrected chi connectivity index (χ3v) is 6.18. The molecule has 3 heterocycles. The number of aromatic nitrogens is 1. The quantitative estimate of drug-likeness (QED) is 0.678. The smallest absolute Gasteiger partial charge is 0.193 e. The molecular weight excluding hydrogens is 310 g/mol. The van der Waals surface area contributed by atoms with Gasteiger partial charge in [-0.05, 0) is 55.2 Å². The fourth-order valence-corrected chi connectivity index (χ4v) is 4.78. The lowest BCUT2D eigenvalue weighted by Gasteiger charge is -2.22. The zero-order valence-corrected chi connectivity index (χ0v) is 15.5. The van der Waals surface area contributed by atoms with Crippen molar-refractivity contribution in [3.8, 4) is 0 Å². The number of guanidine groups is 1. The largest absolute Gasteiger partial charge is 0.357 e. The van der Waals surface area contributed by atoms with Crippen LogP contribution in [0.2, 0.25) is 0 Å². The van der Waals surface area contributed by atoms with E-state index < -0.39 is 0 Å². The number of anilines is 1. The van der Waals surface area contributed by atoms with Crippen LogP contribution >= 0.6 is 0 Å². The Labute approximate surface area is 151 Å². The van der Waals surface area contributed by atoms with E-state index in [1.54, 1.807) is 0 Å². The molecule has 25 heavy (non-hydrogen) atoms. The molecule has 0 radical (unpaired) electrons. The topological polar surface area (TPSA) is 43.8 Å². The van der Waals surface area contributed by atoms with Crippen LogP contribution < -0.4 is 10.2 Å². The molecule has 4 rings (SSSR count). The van der Waals surface area contributed by atoms with Crippen molar-refractivity contribution >= 4 is 11.8 Å². The third kappa shape index (κ3) is 3.75. The van der Waals surface area contributed by atoms with Crippen molar-refractivity contribution in [2.24, 2.45) is 16.8 Å². The Hall–Kier alpha value is -1.78. The van der Waals surface area contributed by atoms with Gasteiger partial charge < -0.3 is 15.1 Å². The highest BCUT2D eigenvalue weighted by molar-refractivity contribution is 5.80. The number of fused-ring (bicyclic) bond motifs is 1. The van der Waals surface area contributed by atoms with E-state index in [0.717, 1.165) is 43.2 Å². The Balaban J connectivity index is 1.36. The van der Waals surface area contributed by atoms with E-state index in [1.165, 1.54) is 57.2 Å². The first-order valence-corrected chi connectivity index (χ1v) is 9.99. The van der Waals surface area contributed by atoms with Crippen LogP contribution in [0.25, 0.3) is 0 Å². The molecule has 136 valence electrons. The monoisotopic (exact) mass is 341 g/mol. The molecule has 3 aliphatic rings. The maximum Gasteiger partial charge on any atom is 0.193 e. The number of pyridine rings is 1. The molecule has 0 aromatic carbocycles. The summed E-state index contributed by atoms with van der Waals surface area (Å²) in [7, 11) is 1.91. The van der Waals surface area contributed by atoms with Crippen molar-refractivity contribution in [3.63, 3.8) is 0 Å². The fourth-order valence-electron chi connectivity index (χ4n) is 4.78. The lowest BCUT2D eigenvalue weighted by atomic mass is 9.82. The van der Waals surface area contributed by atoms with Gasteiger partial charge in [0.15, 0.2) is 5.96 Å². The molecule has 1 N–H and O–H groups in total. The first-order chi connectivity index (χ1) is 12.3. The van der Waals surface area contributed by atoms with Gasteiger partial charge in [-0.3, -0.25) is 4.99 Å². The first-order valence-electron chi connectivity index (χ1n) is 9.99. The Kier molecular flexibility index (Phi) is 5.09. The van der Waals surface area contributed by atoms with Crippen molar-refractivity contribution < 1.29 is 0 Å². The normalized spacial score (nSPS) is 26.8. The second-order valence-electron chi connectivity index (χ2n) is 7.83. The average molecular weight is 342 g/mol. The Morgan fingerprint density at radius 2 is 1.88 bits per heavy atom. The number of nitrogens with one attached hydrogen (secondary N) is 1. The Morgan fingerprint density at radius 1 is 1.16 bits per heavy atom. The Bertz CT molecular complexity index is 594. The van der Waals surface area contributed by atoms with Crippen LogP contribution in [0.3, 0.4) is 0 Å². The molecule has 0 spiro atoms. The third-order valence-electron chi connectivity index (χ3n) is 6.18. The summed E-state index contributed by atoms with van der Waals surface area (Å²) >= 11 is 0. The standard InChI is InChI=1S/C20H31N5/c1-21-20(25-14-17-6-2-3-7-18(17)15-25)23-13-16-8-9-22-19(12-16)24-10-4-5-11-24/h8-9,12,17-18H,2-7,10-11,13-15H2,1H3,(H,21,23). The molecule has 2 saturated heterocycles. The highest BCUT2D eigenvalue weighted by atomic mass is 15.3. The molecule has 0 bridgehead atoms. The summed E-state index contributed by atoms with van der Waals surface area (Å²) in [6.07, 6.45) is 10.2. The zero-order chi connectivity index (χ0) is 17.1. The molecule has 2 aliphatic heterocycles. The molecule has 1 aromatic rings. The van der Waals surface area contributed by atoms with Gasteiger partial charge in [-0.1, -0.05) is 12.8 Å². The average Bonchev–Trinajstić information content (AvgIpc) is 3.32. The summed E-state index contributed by atoms with van der Waals surface area (Å²) in [5, 5.41) is 3.58. The molecule has 2 unspecified atom stereocenters. The molecule has 1 aromatic heterocycles. The number of rotatable bonds is 3. The van der Waals surface area contributed by atoms with Gasteiger partial charge in [-0.25, -0.2) is 4.98 Å². The Morgan fingerprint density at radius 3 is 2.56 bits per heavy atom. The first kappa shape index (κ1) is 16.7. The summed E-state index contributed by atoms with van der Waals surface area (Å²) in [5.74, 6) is 3.96.